The first-order valence-electron chi connectivity index (χ1n) is 8.09. The molecular formula is C17H20N4O2. The van der Waals surface area contributed by atoms with Crippen molar-refractivity contribution in [2.24, 2.45) is 5.92 Å². The largest absolute Gasteiger partial charge is 0.491 e. The van der Waals surface area contributed by atoms with Crippen molar-refractivity contribution in [2.45, 2.75) is 38.8 Å². The van der Waals surface area contributed by atoms with Gasteiger partial charge in [-0.25, -0.2) is 0 Å². The van der Waals surface area contributed by atoms with E-state index in [1.54, 1.807) is 6.33 Å². The normalized spacial score (nSPS) is 22.7. The number of hydrogen-bond donors (Lipinski definition) is 1. The predicted octanol–water partition coefficient (Wildman–Crippen LogP) is 1.27. The van der Waals surface area contributed by atoms with Gasteiger partial charge >= 0.3 is 0 Å². The number of ether oxygens (including phenoxy) is 1. The molecule has 0 aliphatic carbocycles. The molecule has 120 valence electrons. The number of nitrogens with zero attached hydrogens (tertiary/aromatic N) is 3. The number of para-hydroxylation sites is 1. The average molecular weight is 312 g/mol. The Kier molecular flexibility index (Phi) is 3.52. The van der Waals surface area contributed by atoms with Gasteiger partial charge in [0.2, 0.25) is 5.91 Å². The standard InChI is InChI=1S/C17H20N4O2/c1-11-3-2-4-12-7-14(9-23-16(11)12)19-17(22)13-5-6-15-20-18-10-21(15)8-13/h2-4,10,13-14H,5-9H2,1H3,(H,19,22). The van der Waals surface area contributed by atoms with Crippen LogP contribution in [0.3, 0.4) is 0 Å². The maximum absolute atomic E-state index is 12.6. The molecule has 2 aliphatic heterocycles. The summed E-state index contributed by atoms with van der Waals surface area (Å²) in [4.78, 5) is 12.6. The molecule has 1 aromatic carbocycles. The molecule has 2 aliphatic rings. The molecule has 3 heterocycles. The van der Waals surface area contributed by atoms with Crippen molar-refractivity contribution >= 4 is 5.91 Å². The summed E-state index contributed by atoms with van der Waals surface area (Å²) in [7, 11) is 0. The number of nitrogens with one attached hydrogen (secondary N) is 1. The maximum Gasteiger partial charge on any atom is 0.225 e. The highest BCUT2D eigenvalue weighted by atomic mass is 16.5. The van der Waals surface area contributed by atoms with Crippen molar-refractivity contribution < 1.29 is 9.53 Å². The molecule has 0 bridgehead atoms. The fourth-order valence-corrected chi connectivity index (χ4v) is 3.47. The molecule has 0 saturated carbocycles. The summed E-state index contributed by atoms with van der Waals surface area (Å²) in [5.41, 5.74) is 2.32. The van der Waals surface area contributed by atoms with Crippen LogP contribution >= 0.6 is 0 Å². The number of amides is 1. The summed E-state index contributed by atoms with van der Waals surface area (Å²) in [5, 5.41) is 11.1. The Bertz CT molecular complexity index is 740. The van der Waals surface area contributed by atoms with Gasteiger partial charge in [-0.05, 0) is 30.9 Å². The van der Waals surface area contributed by atoms with Crippen LogP contribution in [0.2, 0.25) is 0 Å². The van der Waals surface area contributed by atoms with Gasteiger partial charge < -0.3 is 14.6 Å². The van der Waals surface area contributed by atoms with E-state index in [-0.39, 0.29) is 17.9 Å². The highest BCUT2D eigenvalue weighted by molar-refractivity contribution is 5.79. The SMILES string of the molecule is Cc1cccc2c1OCC(NC(=O)C1CCc3nncn3C1)C2. The zero-order valence-corrected chi connectivity index (χ0v) is 13.2. The smallest absolute Gasteiger partial charge is 0.225 e. The molecule has 1 aromatic heterocycles. The number of benzene rings is 1. The van der Waals surface area contributed by atoms with Gasteiger partial charge in [-0.2, -0.15) is 0 Å². The van der Waals surface area contributed by atoms with E-state index in [1.807, 2.05) is 10.6 Å². The van der Waals surface area contributed by atoms with Gasteiger partial charge in [-0.1, -0.05) is 18.2 Å². The third kappa shape index (κ3) is 2.69. The summed E-state index contributed by atoms with van der Waals surface area (Å²) in [6.45, 7) is 3.25. The van der Waals surface area contributed by atoms with Gasteiger partial charge in [0.1, 0.15) is 24.5 Å². The Morgan fingerprint density at radius 1 is 1.43 bits per heavy atom. The Morgan fingerprint density at radius 3 is 3.26 bits per heavy atom. The lowest BCUT2D eigenvalue weighted by atomic mass is 9.96. The minimum Gasteiger partial charge on any atom is -0.491 e. The predicted molar refractivity (Wildman–Crippen MR) is 84.1 cm³/mol. The Balaban J connectivity index is 1.40. The van der Waals surface area contributed by atoms with Crippen LogP contribution in [0.15, 0.2) is 24.5 Å². The van der Waals surface area contributed by atoms with Crippen LogP contribution in [0.1, 0.15) is 23.4 Å². The van der Waals surface area contributed by atoms with Crippen LogP contribution in [0.5, 0.6) is 5.75 Å². The fourth-order valence-electron chi connectivity index (χ4n) is 3.47. The number of fused-ring (bicyclic) bond motifs is 2. The number of carbonyl (C=O) groups excluding carboxylic acids is 1. The maximum atomic E-state index is 12.6. The summed E-state index contributed by atoms with van der Waals surface area (Å²) in [6, 6.07) is 6.21. The minimum atomic E-state index is -0.0163. The molecule has 1 amide bonds. The molecule has 2 atom stereocenters. The summed E-state index contributed by atoms with van der Waals surface area (Å²) >= 11 is 0. The van der Waals surface area contributed by atoms with Crippen molar-refractivity contribution in [1.82, 2.24) is 20.1 Å². The highest BCUT2D eigenvalue weighted by Crippen LogP contribution is 2.28. The Morgan fingerprint density at radius 2 is 2.35 bits per heavy atom. The molecule has 2 unspecified atom stereocenters. The van der Waals surface area contributed by atoms with Crippen LogP contribution < -0.4 is 10.1 Å². The second-order valence-corrected chi connectivity index (χ2v) is 6.42. The van der Waals surface area contributed by atoms with Crippen molar-refractivity contribution in [3.05, 3.63) is 41.5 Å². The molecule has 1 N–H and O–H groups in total. The Labute approximate surface area is 134 Å². The van der Waals surface area contributed by atoms with E-state index in [4.69, 9.17) is 4.74 Å². The first kappa shape index (κ1) is 14.2. The molecule has 6 heteroatoms. The lowest BCUT2D eigenvalue weighted by Gasteiger charge is -2.29. The molecule has 0 radical (unpaired) electrons. The lowest BCUT2D eigenvalue weighted by Crippen LogP contribution is -2.46. The van der Waals surface area contributed by atoms with E-state index in [0.717, 1.165) is 36.4 Å². The van der Waals surface area contributed by atoms with E-state index in [1.165, 1.54) is 5.56 Å². The van der Waals surface area contributed by atoms with Gasteiger partial charge in [0.15, 0.2) is 0 Å². The highest BCUT2D eigenvalue weighted by Gasteiger charge is 2.29. The van der Waals surface area contributed by atoms with Gasteiger partial charge in [0, 0.05) is 13.0 Å². The zero-order chi connectivity index (χ0) is 15.8. The van der Waals surface area contributed by atoms with E-state index < -0.39 is 0 Å². The molecule has 0 fully saturated rings. The van der Waals surface area contributed by atoms with Crippen LogP contribution in [-0.2, 0) is 24.2 Å². The van der Waals surface area contributed by atoms with Gasteiger partial charge in [-0.15, -0.1) is 10.2 Å². The quantitative estimate of drug-likeness (QED) is 0.906. The number of carbonyl (C=O) groups is 1. The molecule has 0 spiro atoms. The van der Waals surface area contributed by atoms with Gasteiger partial charge in [0.25, 0.3) is 0 Å². The number of aryl methyl sites for hydroxylation is 2. The monoisotopic (exact) mass is 312 g/mol. The first-order valence-corrected chi connectivity index (χ1v) is 8.09. The van der Waals surface area contributed by atoms with Crippen molar-refractivity contribution in [2.75, 3.05) is 6.61 Å². The van der Waals surface area contributed by atoms with Crippen LogP contribution in [-0.4, -0.2) is 33.3 Å². The van der Waals surface area contributed by atoms with E-state index in [9.17, 15) is 4.79 Å². The Hall–Kier alpha value is -2.37. The molecule has 6 nitrogen and oxygen atoms in total. The summed E-state index contributed by atoms with van der Waals surface area (Å²) < 4.78 is 7.83. The lowest BCUT2D eigenvalue weighted by molar-refractivity contribution is -0.127. The minimum absolute atomic E-state index is 0.0163. The van der Waals surface area contributed by atoms with Crippen molar-refractivity contribution in [3.63, 3.8) is 0 Å². The fraction of sp³-hybridized carbons (Fsp3) is 0.471. The second kappa shape index (κ2) is 5.68. The van der Waals surface area contributed by atoms with Gasteiger partial charge in [-0.3, -0.25) is 4.79 Å². The topological polar surface area (TPSA) is 69.0 Å². The first-order chi connectivity index (χ1) is 11.2. The van der Waals surface area contributed by atoms with Crippen LogP contribution in [0, 0.1) is 12.8 Å². The van der Waals surface area contributed by atoms with Crippen molar-refractivity contribution in [1.29, 1.82) is 0 Å². The van der Waals surface area contributed by atoms with E-state index in [0.29, 0.717) is 13.2 Å². The third-order valence-electron chi connectivity index (χ3n) is 4.74. The molecular weight excluding hydrogens is 292 g/mol. The van der Waals surface area contributed by atoms with E-state index >= 15 is 0 Å². The molecule has 0 saturated heterocycles. The van der Waals surface area contributed by atoms with Crippen molar-refractivity contribution in [3.8, 4) is 5.75 Å². The van der Waals surface area contributed by atoms with Crippen LogP contribution in [0.25, 0.3) is 0 Å². The number of rotatable bonds is 2. The summed E-state index contributed by atoms with van der Waals surface area (Å²) in [6.07, 6.45) is 4.17. The summed E-state index contributed by atoms with van der Waals surface area (Å²) in [5.74, 6) is 2.04. The van der Waals surface area contributed by atoms with E-state index in [2.05, 4.69) is 34.6 Å². The van der Waals surface area contributed by atoms with Gasteiger partial charge in [0.05, 0.1) is 12.0 Å². The molecule has 2 aromatic rings. The second-order valence-electron chi connectivity index (χ2n) is 6.42. The number of aromatic nitrogens is 3. The van der Waals surface area contributed by atoms with Crippen LogP contribution in [0.4, 0.5) is 0 Å². The number of hydrogen-bond acceptors (Lipinski definition) is 4. The zero-order valence-electron chi connectivity index (χ0n) is 13.2. The third-order valence-corrected chi connectivity index (χ3v) is 4.74. The molecule has 23 heavy (non-hydrogen) atoms. The average Bonchev–Trinajstić information content (AvgIpc) is 3.02. The molecule has 4 rings (SSSR count).